The van der Waals surface area contributed by atoms with Gasteiger partial charge < -0.3 is 30.4 Å². The molecule has 2 heterocycles. The molecule has 0 saturated carbocycles. The first-order chi connectivity index (χ1) is 24.9. The molecule has 1 aromatic heterocycles. The number of benzene rings is 3. The predicted octanol–water partition coefficient (Wildman–Crippen LogP) is 4.46. The van der Waals surface area contributed by atoms with E-state index in [2.05, 4.69) is 20.4 Å². The van der Waals surface area contributed by atoms with Gasteiger partial charge in [-0.3, -0.25) is 4.79 Å². The lowest BCUT2D eigenvalue weighted by Crippen LogP contribution is -2.57. The van der Waals surface area contributed by atoms with Crippen LogP contribution in [0.4, 0.5) is 4.79 Å². The molecule has 14 heteroatoms. The summed E-state index contributed by atoms with van der Waals surface area (Å²) in [6.07, 6.45) is 2.41. The number of hydrogen-bond acceptors (Lipinski definition) is 8. The van der Waals surface area contributed by atoms with Crippen molar-refractivity contribution in [2.45, 2.75) is 70.2 Å². The molecule has 0 aliphatic carbocycles. The lowest BCUT2D eigenvalue weighted by molar-refractivity contribution is -0.128. The Balaban J connectivity index is 1.37. The summed E-state index contributed by atoms with van der Waals surface area (Å²) in [7, 11) is -4.06. The van der Waals surface area contributed by atoms with Crippen LogP contribution in [0.15, 0.2) is 89.2 Å². The first-order valence-corrected chi connectivity index (χ1v) is 19.1. The van der Waals surface area contributed by atoms with E-state index >= 15 is 0 Å². The van der Waals surface area contributed by atoms with Crippen LogP contribution in [0, 0.1) is 11.8 Å². The minimum absolute atomic E-state index is 0.0255. The number of aromatic nitrogens is 2. The lowest BCUT2D eigenvalue weighted by Gasteiger charge is -2.35. The van der Waals surface area contributed by atoms with Gasteiger partial charge in [-0.1, -0.05) is 87.8 Å². The summed E-state index contributed by atoms with van der Waals surface area (Å²) in [5.41, 5.74) is 4.04. The summed E-state index contributed by atoms with van der Waals surface area (Å²) in [4.78, 5) is 38.9. The summed E-state index contributed by atoms with van der Waals surface area (Å²) in [5, 5.41) is 26.7. The third kappa shape index (κ3) is 9.16. The number of sulfonamides is 1. The molecule has 4 aromatic rings. The Hall–Kier alpha value is -4.79. The van der Waals surface area contributed by atoms with Crippen LogP contribution in [-0.2, 0) is 27.8 Å². The minimum Gasteiger partial charge on any atom is -0.411 e. The number of aliphatic hydroxyl groups excluding tert-OH is 1. The normalized spacial score (nSPS) is 16.2. The van der Waals surface area contributed by atoms with E-state index in [1.165, 1.54) is 34.8 Å². The molecule has 13 nitrogen and oxygen atoms in total. The standard InChI is InChI=1S/C38H49N7O6S/c1-5-27(4)36(45-18-17-43(38(45)48)23-30-13-16-32-33(20-30)40-25-39-32)37(47)42-34(19-28-9-7-6-8-10-28)35(46)24-44(22-26(2)3)52(50,51)31-14-11-29(12-15-31)21-41-49/h6-16,20-21,25-27,34-36,46,49H,5,17-19,22-24H2,1-4H3,(H,39,40)(H,42,47)/t27-,34-,35+,36-/m0/s1. The van der Waals surface area contributed by atoms with Gasteiger partial charge in [0.05, 0.1) is 40.6 Å². The molecule has 278 valence electrons. The maximum Gasteiger partial charge on any atom is 0.321 e. The Bertz CT molecular complexity index is 1930. The highest BCUT2D eigenvalue weighted by molar-refractivity contribution is 7.89. The number of H-pyrrole nitrogens is 1. The summed E-state index contributed by atoms with van der Waals surface area (Å²) in [6.45, 7) is 8.74. The predicted molar refractivity (Wildman–Crippen MR) is 199 cm³/mol. The number of oxime groups is 1. The quantitative estimate of drug-likeness (QED) is 0.0706. The molecule has 0 unspecified atom stereocenters. The van der Waals surface area contributed by atoms with E-state index in [1.54, 1.807) is 16.1 Å². The Labute approximate surface area is 305 Å². The largest absolute Gasteiger partial charge is 0.411 e. The van der Waals surface area contributed by atoms with Crippen molar-refractivity contribution >= 4 is 39.2 Å². The molecule has 1 saturated heterocycles. The number of hydrogen-bond donors (Lipinski definition) is 4. The molecule has 0 radical (unpaired) electrons. The first kappa shape index (κ1) is 38.4. The van der Waals surface area contributed by atoms with Crippen molar-refractivity contribution in [2.24, 2.45) is 17.0 Å². The zero-order chi connectivity index (χ0) is 37.4. The molecule has 1 aliphatic heterocycles. The van der Waals surface area contributed by atoms with Crippen LogP contribution in [0.5, 0.6) is 0 Å². The molecule has 1 aliphatic rings. The van der Waals surface area contributed by atoms with Crippen LogP contribution < -0.4 is 5.32 Å². The van der Waals surface area contributed by atoms with Crippen LogP contribution in [0.3, 0.4) is 0 Å². The fourth-order valence-corrected chi connectivity index (χ4v) is 8.23. The number of imidazole rings is 1. The average Bonchev–Trinajstić information content (AvgIpc) is 3.74. The second-order valence-corrected chi connectivity index (χ2v) is 15.8. The Morgan fingerprint density at radius 1 is 1.04 bits per heavy atom. The fourth-order valence-electron chi connectivity index (χ4n) is 6.61. The van der Waals surface area contributed by atoms with Gasteiger partial charge in [0.25, 0.3) is 0 Å². The lowest BCUT2D eigenvalue weighted by atomic mass is 9.95. The number of carbonyl (C=O) groups is 2. The van der Waals surface area contributed by atoms with Crippen LogP contribution >= 0.6 is 0 Å². The van der Waals surface area contributed by atoms with Gasteiger partial charge in [-0.2, -0.15) is 4.31 Å². The highest BCUT2D eigenvalue weighted by Gasteiger charge is 2.41. The number of aliphatic hydroxyl groups is 1. The van der Waals surface area contributed by atoms with E-state index in [-0.39, 0.29) is 42.3 Å². The van der Waals surface area contributed by atoms with Gasteiger partial charge >= 0.3 is 6.03 Å². The molecule has 52 heavy (non-hydrogen) atoms. The zero-order valence-electron chi connectivity index (χ0n) is 30.1. The van der Waals surface area contributed by atoms with E-state index in [0.29, 0.717) is 31.6 Å². The number of aromatic amines is 1. The highest BCUT2D eigenvalue weighted by Crippen LogP contribution is 2.25. The smallest absolute Gasteiger partial charge is 0.321 e. The number of amides is 3. The van der Waals surface area contributed by atoms with E-state index < -0.39 is 34.1 Å². The van der Waals surface area contributed by atoms with Gasteiger partial charge in [-0.05, 0) is 59.2 Å². The van der Waals surface area contributed by atoms with Gasteiger partial charge in [0, 0.05) is 32.7 Å². The van der Waals surface area contributed by atoms with Gasteiger partial charge in [-0.25, -0.2) is 18.2 Å². The van der Waals surface area contributed by atoms with Crippen molar-refractivity contribution in [1.29, 1.82) is 0 Å². The second-order valence-electron chi connectivity index (χ2n) is 13.9. The molecular weight excluding hydrogens is 683 g/mol. The number of nitrogens with zero attached hydrogens (tertiary/aromatic N) is 5. The Kier molecular flexibility index (Phi) is 12.7. The molecule has 0 spiro atoms. The monoisotopic (exact) mass is 731 g/mol. The summed E-state index contributed by atoms with van der Waals surface area (Å²) in [6, 6.07) is 19.2. The van der Waals surface area contributed by atoms with E-state index in [4.69, 9.17) is 5.21 Å². The number of nitrogens with one attached hydrogen (secondary N) is 2. The maximum atomic E-state index is 14.3. The summed E-state index contributed by atoms with van der Waals surface area (Å²) < 4.78 is 29.1. The molecule has 3 amide bonds. The molecule has 5 rings (SSSR count). The van der Waals surface area contributed by atoms with Gasteiger partial charge in [-0.15, -0.1) is 0 Å². The van der Waals surface area contributed by atoms with Gasteiger partial charge in [0.2, 0.25) is 15.9 Å². The van der Waals surface area contributed by atoms with Crippen molar-refractivity contribution in [2.75, 3.05) is 26.2 Å². The molecule has 4 atom stereocenters. The van der Waals surface area contributed by atoms with Crippen LogP contribution in [0.2, 0.25) is 0 Å². The van der Waals surface area contributed by atoms with Crippen LogP contribution in [-0.4, -0.2) is 105 Å². The van der Waals surface area contributed by atoms with Crippen LogP contribution in [0.25, 0.3) is 11.0 Å². The molecule has 3 aromatic carbocycles. The number of fused-ring (bicyclic) bond motifs is 1. The molecule has 1 fully saturated rings. The topological polar surface area (TPSA) is 172 Å². The van der Waals surface area contributed by atoms with Crippen molar-refractivity contribution in [3.8, 4) is 0 Å². The second kappa shape index (κ2) is 17.2. The van der Waals surface area contributed by atoms with Gasteiger partial charge in [0.15, 0.2) is 0 Å². The van der Waals surface area contributed by atoms with E-state index in [1.807, 2.05) is 76.2 Å². The third-order valence-electron chi connectivity index (χ3n) is 9.55. The Morgan fingerprint density at radius 2 is 1.77 bits per heavy atom. The van der Waals surface area contributed by atoms with Crippen molar-refractivity contribution < 1.29 is 28.3 Å². The minimum atomic E-state index is -4.06. The number of carbonyl (C=O) groups excluding carboxylic acids is 2. The van der Waals surface area contributed by atoms with Crippen LogP contribution in [0.1, 0.15) is 50.8 Å². The van der Waals surface area contributed by atoms with Crippen molar-refractivity contribution in [3.63, 3.8) is 0 Å². The van der Waals surface area contributed by atoms with E-state index in [0.717, 1.165) is 22.2 Å². The zero-order valence-corrected chi connectivity index (χ0v) is 30.9. The van der Waals surface area contributed by atoms with Crippen molar-refractivity contribution in [1.82, 2.24) is 29.4 Å². The highest BCUT2D eigenvalue weighted by atomic mass is 32.2. The summed E-state index contributed by atoms with van der Waals surface area (Å²) in [5.74, 6) is -0.663. The number of rotatable bonds is 17. The summed E-state index contributed by atoms with van der Waals surface area (Å²) >= 11 is 0. The maximum absolute atomic E-state index is 14.3. The Morgan fingerprint density at radius 3 is 2.44 bits per heavy atom. The molecule has 0 bridgehead atoms. The average molecular weight is 732 g/mol. The molecule has 4 N–H and O–H groups in total. The molecular formula is C38H49N7O6S. The van der Waals surface area contributed by atoms with Gasteiger partial charge in [0.1, 0.15) is 6.04 Å². The van der Waals surface area contributed by atoms with E-state index in [9.17, 15) is 23.1 Å². The third-order valence-corrected chi connectivity index (χ3v) is 11.4. The fraction of sp³-hybridized carbons (Fsp3) is 0.421. The first-order valence-electron chi connectivity index (χ1n) is 17.7. The van der Waals surface area contributed by atoms with Crippen molar-refractivity contribution in [3.05, 3.63) is 95.8 Å². The number of urea groups is 1. The SMILES string of the molecule is CC[C@H](C)[C@@H](C(=O)N[C@@H](Cc1ccccc1)[C@H](O)CN(CC(C)C)S(=O)(=O)c1ccc(C=NO)cc1)N1CCN(Cc2ccc3nc[nH]c3c2)C1=O.